The minimum atomic E-state index is -3.60. The molecule has 1 unspecified atom stereocenters. The number of aromatic nitrogens is 1. The van der Waals surface area contributed by atoms with Gasteiger partial charge in [0.2, 0.25) is 10.0 Å². The molecule has 108 valence electrons. The average Bonchev–Trinajstić information content (AvgIpc) is 2.37. The fraction of sp³-hybridized carbons (Fsp3) is 0.250. The summed E-state index contributed by atoms with van der Waals surface area (Å²) in [6, 6.07) is 7.95. The summed E-state index contributed by atoms with van der Waals surface area (Å²) < 4.78 is 37.5. The number of nitrogens with one attached hydrogen (secondary N) is 1. The van der Waals surface area contributed by atoms with Gasteiger partial charge < -0.3 is 5.73 Å². The molecular formula is C12H15N3O3S2. The predicted molar refractivity (Wildman–Crippen MR) is 80.3 cm³/mol. The number of anilines is 1. The Hall–Kier alpha value is -1.51. The highest BCUT2D eigenvalue weighted by Crippen LogP contribution is 2.18. The first kappa shape index (κ1) is 14.9. The summed E-state index contributed by atoms with van der Waals surface area (Å²) in [5.74, 6) is 0.668. The van der Waals surface area contributed by atoms with Gasteiger partial charge in [-0.3, -0.25) is 4.21 Å². The molecule has 3 N–H and O–H groups in total. The molecule has 0 aliphatic carbocycles. The van der Waals surface area contributed by atoms with E-state index in [9.17, 15) is 12.6 Å². The number of nitrogen functional groups attached to an aromatic ring is 1. The molecule has 0 aliphatic heterocycles. The number of nitrogens with zero attached hydrogens (tertiary/aromatic N) is 1. The van der Waals surface area contributed by atoms with Gasteiger partial charge in [0.05, 0.1) is 10.4 Å². The van der Waals surface area contributed by atoms with Crippen LogP contribution in [-0.2, 0) is 20.8 Å². The smallest absolute Gasteiger partial charge is 0.240 e. The van der Waals surface area contributed by atoms with Crippen LogP contribution in [0, 0.1) is 0 Å². The van der Waals surface area contributed by atoms with E-state index >= 15 is 0 Å². The Morgan fingerprint density at radius 1 is 1.30 bits per heavy atom. The monoisotopic (exact) mass is 313 g/mol. The second kappa shape index (κ2) is 5.86. The number of nitrogens with two attached hydrogens (primary N) is 1. The molecule has 0 radical (unpaired) electrons. The van der Waals surface area contributed by atoms with Crippen molar-refractivity contribution in [1.29, 1.82) is 0 Å². The van der Waals surface area contributed by atoms with E-state index in [1.165, 1.54) is 18.4 Å². The van der Waals surface area contributed by atoms with Crippen molar-refractivity contribution >= 4 is 37.5 Å². The molecule has 0 saturated heterocycles. The number of sulfonamides is 1. The Morgan fingerprint density at radius 2 is 2.05 bits per heavy atom. The molecule has 0 bridgehead atoms. The van der Waals surface area contributed by atoms with Crippen LogP contribution < -0.4 is 10.5 Å². The molecule has 6 nitrogen and oxygen atoms in total. The zero-order valence-electron chi connectivity index (χ0n) is 10.9. The molecule has 2 rings (SSSR count). The van der Waals surface area contributed by atoms with E-state index in [1.807, 2.05) is 0 Å². The second-order valence-corrected chi connectivity index (χ2v) is 7.59. The standard InChI is InChI=1S/C12H15N3O3S2/c1-19(16)7-6-14-20(17,18)10-3-4-11-9(8-10)2-5-12(13)15-11/h2-5,8,14H,6-7H2,1H3,(H2,13,15). The Labute approximate surface area is 119 Å². The van der Waals surface area contributed by atoms with Gasteiger partial charge >= 0.3 is 0 Å². The summed E-state index contributed by atoms with van der Waals surface area (Å²) >= 11 is 0. The van der Waals surface area contributed by atoms with E-state index in [0.29, 0.717) is 16.7 Å². The van der Waals surface area contributed by atoms with Gasteiger partial charge in [0.25, 0.3) is 0 Å². The summed E-state index contributed by atoms with van der Waals surface area (Å²) in [4.78, 5) is 4.26. The van der Waals surface area contributed by atoms with Gasteiger partial charge in [-0.1, -0.05) is 0 Å². The van der Waals surface area contributed by atoms with E-state index in [2.05, 4.69) is 9.71 Å². The zero-order valence-corrected chi connectivity index (χ0v) is 12.5. The van der Waals surface area contributed by atoms with Crippen molar-refractivity contribution in [3.8, 4) is 0 Å². The van der Waals surface area contributed by atoms with Crippen molar-refractivity contribution < 1.29 is 12.6 Å². The summed E-state index contributed by atoms with van der Waals surface area (Å²) in [6.07, 6.45) is 1.53. The third kappa shape index (κ3) is 3.53. The molecule has 0 spiro atoms. The summed E-state index contributed by atoms with van der Waals surface area (Å²) in [5.41, 5.74) is 6.21. The normalized spacial score (nSPS) is 13.4. The third-order valence-corrected chi connectivity index (χ3v) is 4.91. The summed E-state index contributed by atoms with van der Waals surface area (Å²) in [7, 11) is -4.63. The number of pyridine rings is 1. The molecule has 20 heavy (non-hydrogen) atoms. The molecule has 1 heterocycles. The van der Waals surface area contributed by atoms with Gasteiger partial charge in [0.15, 0.2) is 0 Å². The van der Waals surface area contributed by atoms with Gasteiger partial charge in [0.1, 0.15) is 5.82 Å². The highest BCUT2D eigenvalue weighted by molar-refractivity contribution is 7.89. The van der Waals surface area contributed by atoms with Crippen LogP contribution in [0.5, 0.6) is 0 Å². The lowest BCUT2D eigenvalue weighted by molar-refractivity contribution is 0.584. The second-order valence-electron chi connectivity index (χ2n) is 4.27. The Balaban J connectivity index is 2.27. The number of rotatable bonds is 5. The van der Waals surface area contributed by atoms with Crippen molar-refractivity contribution in [1.82, 2.24) is 9.71 Å². The van der Waals surface area contributed by atoms with E-state index in [0.717, 1.165) is 0 Å². The van der Waals surface area contributed by atoms with Crippen molar-refractivity contribution in [2.24, 2.45) is 0 Å². The minimum Gasteiger partial charge on any atom is -0.384 e. The van der Waals surface area contributed by atoms with Crippen LogP contribution in [0.4, 0.5) is 5.82 Å². The molecule has 0 fully saturated rings. The van der Waals surface area contributed by atoms with Crippen LogP contribution in [0.2, 0.25) is 0 Å². The number of fused-ring (bicyclic) bond motifs is 1. The van der Waals surface area contributed by atoms with Crippen LogP contribution in [0.1, 0.15) is 0 Å². The number of benzene rings is 1. The maximum absolute atomic E-state index is 12.1. The Morgan fingerprint density at radius 3 is 2.75 bits per heavy atom. The molecule has 2 aromatic rings. The Kier molecular flexibility index (Phi) is 4.36. The van der Waals surface area contributed by atoms with Crippen LogP contribution in [0.25, 0.3) is 10.9 Å². The predicted octanol–water partition coefficient (Wildman–Crippen LogP) is 0.474. The third-order valence-electron chi connectivity index (χ3n) is 2.67. The number of hydrogen-bond acceptors (Lipinski definition) is 5. The lowest BCUT2D eigenvalue weighted by Gasteiger charge is -2.07. The molecule has 0 amide bonds. The van der Waals surface area contributed by atoms with Gasteiger partial charge in [-0.2, -0.15) is 0 Å². The van der Waals surface area contributed by atoms with Gasteiger partial charge in [-0.05, 0) is 30.3 Å². The van der Waals surface area contributed by atoms with Gasteiger partial charge in [-0.25, -0.2) is 18.1 Å². The van der Waals surface area contributed by atoms with Crippen molar-refractivity contribution in [3.05, 3.63) is 30.3 Å². The topological polar surface area (TPSA) is 102 Å². The minimum absolute atomic E-state index is 0.142. The van der Waals surface area contributed by atoms with Gasteiger partial charge in [0, 0.05) is 34.7 Å². The summed E-state index contributed by atoms with van der Waals surface area (Å²) in [5, 5.41) is 0.696. The molecule has 0 aliphatic rings. The van der Waals surface area contributed by atoms with Crippen molar-refractivity contribution in [2.45, 2.75) is 4.90 Å². The molecule has 0 saturated carbocycles. The highest BCUT2D eigenvalue weighted by Gasteiger charge is 2.14. The maximum atomic E-state index is 12.1. The summed E-state index contributed by atoms with van der Waals surface area (Å²) in [6.45, 7) is 0.142. The average molecular weight is 313 g/mol. The van der Waals surface area contributed by atoms with Crippen molar-refractivity contribution in [2.75, 3.05) is 24.3 Å². The van der Waals surface area contributed by atoms with E-state index in [-0.39, 0.29) is 17.2 Å². The molecule has 1 atom stereocenters. The molecule has 1 aromatic heterocycles. The van der Waals surface area contributed by atoms with Crippen molar-refractivity contribution in [3.63, 3.8) is 0 Å². The first-order chi connectivity index (χ1) is 9.38. The highest BCUT2D eigenvalue weighted by atomic mass is 32.2. The van der Waals surface area contributed by atoms with Crippen LogP contribution >= 0.6 is 0 Å². The van der Waals surface area contributed by atoms with E-state index in [1.54, 1.807) is 18.2 Å². The maximum Gasteiger partial charge on any atom is 0.240 e. The molecule has 1 aromatic carbocycles. The quantitative estimate of drug-likeness (QED) is 0.835. The zero-order chi connectivity index (χ0) is 14.8. The van der Waals surface area contributed by atoms with Crippen LogP contribution in [0.3, 0.4) is 0 Å². The fourth-order valence-electron chi connectivity index (χ4n) is 1.69. The van der Waals surface area contributed by atoms with Crippen LogP contribution in [0.15, 0.2) is 35.2 Å². The lowest BCUT2D eigenvalue weighted by atomic mass is 10.2. The first-order valence-corrected chi connectivity index (χ1v) is 9.05. The number of hydrogen-bond donors (Lipinski definition) is 2. The lowest BCUT2D eigenvalue weighted by Crippen LogP contribution is -2.27. The fourth-order valence-corrected chi connectivity index (χ4v) is 3.28. The van der Waals surface area contributed by atoms with E-state index in [4.69, 9.17) is 5.73 Å². The molecular weight excluding hydrogens is 298 g/mol. The van der Waals surface area contributed by atoms with Gasteiger partial charge in [-0.15, -0.1) is 0 Å². The SMILES string of the molecule is CS(=O)CCNS(=O)(=O)c1ccc2nc(N)ccc2c1. The Bertz CT molecular complexity index is 760. The first-order valence-electron chi connectivity index (χ1n) is 5.84. The molecule has 8 heteroatoms. The van der Waals surface area contributed by atoms with E-state index < -0.39 is 20.8 Å². The largest absolute Gasteiger partial charge is 0.384 e. The van der Waals surface area contributed by atoms with Crippen LogP contribution in [-0.4, -0.2) is 36.2 Å².